The molecule has 0 radical (unpaired) electrons. The molecular weight excluding hydrogens is 324 g/mol. The van der Waals surface area contributed by atoms with Crippen LogP contribution in [0.1, 0.15) is 11.1 Å². The number of aryl methyl sites for hydroxylation is 1. The van der Waals surface area contributed by atoms with Crippen molar-refractivity contribution < 1.29 is 21.9 Å². The monoisotopic (exact) mass is 339 g/mol. The summed E-state index contributed by atoms with van der Waals surface area (Å²) in [6.45, 7) is -1.12. The van der Waals surface area contributed by atoms with Crippen LogP contribution >= 0.6 is 0 Å². The summed E-state index contributed by atoms with van der Waals surface area (Å²) in [5, 5.41) is 0.969. The predicted molar refractivity (Wildman–Crippen MR) is 85.8 cm³/mol. The number of ether oxygens (including phenoxy) is 1. The Morgan fingerprint density at radius 3 is 2.39 bits per heavy atom. The molecule has 0 bridgehead atoms. The summed E-state index contributed by atoms with van der Waals surface area (Å²) in [5.41, 5.74) is 1.71. The number of halogens is 2. The first kappa shape index (κ1) is 17.0. The smallest absolute Gasteiger partial charge is 0.387 e. The molecule has 0 amide bonds. The van der Waals surface area contributed by atoms with Crippen LogP contribution in [0.3, 0.4) is 0 Å². The fraction of sp³-hybridized carbons (Fsp3) is 0.125. The molecule has 0 saturated carbocycles. The molecule has 0 aromatic heterocycles. The minimum absolute atomic E-state index is 0.0543. The summed E-state index contributed by atoms with van der Waals surface area (Å²) >= 11 is 0. The fourth-order valence-corrected chi connectivity index (χ4v) is 2.66. The van der Waals surface area contributed by atoms with Gasteiger partial charge in [0.05, 0.1) is 11.1 Å². The quantitative estimate of drug-likeness (QED) is 0.865. The highest BCUT2D eigenvalue weighted by Crippen LogP contribution is 2.26. The van der Waals surface area contributed by atoms with E-state index in [4.69, 9.17) is 0 Å². The number of alkyl halides is 2. The van der Waals surface area contributed by atoms with Gasteiger partial charge in [0.15, 0.2) is 0 Å². The van der Waals surface area contributed by atoms with Gasteiger partial charge >= 0.3 is 6.61 Å². The second-order valence-electron chi connectivity index (χ2n) is 4.74. The number of anilines is 1. The van der Waals surface area contributed by atoms with E-state index < -0.39 is 16.6 Å². The van der Waals surface area contributed by atoms with Crippen molar-refractivity contribution in [2.24, 2.45) is 0 Å². The minimum atomic E-state index is -3.86. The lowest BCUT2D eigenvalue weighted by Crippen LogP contribution is -2.11. The van der Waals surface area contributed by atoms with E-state index in [1.54, 1.807) is 12.1 Å². The third kappa shape index (κ3) is 5.37. The molecule has 0 aliphatic heterocycles. The van der Waals surface area contributed by atoms with Gasteiger partial charge in [-0.05, 0) is 30.7 Å². The van der Waals surface area contributed by atoms with Gasteiger partial charge in [-0.15, -0.1) is 0 Å². The van der Waals surface area contributed by atoms with Crippen LogP contribution in [0.5, 0.6) is 5.75 Å². The van der Waals surface area contributed by atoms with Crippen molar-refractivity contribution in [3.63, 3.8) is 0 Å². The Kier molecular flexibility index (Phi) is 5.33. The van der Waals surface area contributed by atoms with Crippen LogP contribution in [0.15, 0.2) is 53.9 Å². The van der Waals surface area contributed by atoms with Crippen molar-refractivity contribution in [2.75, 3.05) is 4.72 Å². The summed E-state index contributed by atoms with van der Waals surface area (Å²) in [6, 6.07) is 12.8. The maximum absolute atomic E-state index is 12.3. The van der Waals surface area contributed by atoms with E-state index in [1.807, 2.05) is 19.1 Å². The summed E-state index contributed by atoms with van der Waals surface area (Å²) < 4.78 is 55.2. The maximum Gasteiger partial charge on any atom is 0.387 e. The van der Waals surface area contributed by atoms with Crippen LogP contribution in [0.2, 0.25) is 0 Å². The van der Waals surface area contributed by atoms with Crippen molar-refractivity contribution in [3.05, 3.63) is 65.1 Å². The van der Waals surface area contributed by atoms with Gasteiger partial charge in [0.25, 0.3) is 10.0 Å². The van der Waals surface area contributed by atoms with Gasteiger partial charge in [0.2, 0.25) is 0 Å². The van der Waals surface area contributed by atoms with Crippen molar-refractivity contribution in [1.82, 2.24) is 0 Å². The number of benzene rings is 2. The van der Waals surface area contributed by atoms with Crippen LogP contribution in [0.4, 0.5) is 14.5 Å². The standard InChI is InChI=1S/C16H15F2NO3S/c1-12-6-8-13(9-7-12)10-11-23(20,21)19-14-4-2-3-5-15(14)22-16(17)18/h2-11,16,19H,1H3/b11-10+. The molecule has 122 valence electrons. The third-order valence-electron chi connectivity index (χ3n) is 2.87. The summed E-state index contributed by atoms with van der Waals surface area (Å²) in [5.74, 6) is -0.241. The molecule has 0 fully saturated rings. The van der Waals surface area contributed by atoms with Crippen LogP contribution in [0.25, 0.3) is 6.08 Å². The average Bonchev–Trinajstić information content (AvgIpc) is 2.48. The zero-order chi connectivity index (χ0) is 16.9. The molecule has 1 N–H and O–H groups in total. The zero-order valence-corrected chi connectivity index (χ0v) is 13.1. The normalized spacial score (nSPS) is 11.8. The molecule has 0 atom stereocenters. The van der Waals surface area contributed by atoms with Crippen LogP contribution in [-0.4, -0.2) is 15.0 Å². The Balaban J connectivity index is 2.17. The second-order valence-corrected chi connectivity index (χ2v) is 6.30. The second kappa shape index (κ2) is 7.23. The van der Waals surface area contributed by atoms with Gasteiger partial charge in [-0.25, -0.2) is 8.42 Å². The van der Waals surface area contributed by atoms with E-state index in [-0.39, 0.29) is 11.4 Å². The van der Waals surface area contributed by atoms with Crippen LogP contribution < -0.4 is 9.46 Å². The highest BCUT2D eigenvalue weighted by Gasteiger charge is 2.13. The molecule has 7 heteroatoms. The molecule has 0 spiro atoms. The number of hydrogen-bond donors (Lipinski definition) is 1. The molecule has 2 rings (SSSR count). The number of hydrogen-bond acceptors (Lipinski definition) is 3. The Labute approximate surface area is 133 Å². The summed E-state index contributed by atoms with van der Waals surface area (Å²) in [4.78, 5) is 0. The lowest BCUT2D eigenvalue weighted by atomic mass is 10.2. The largest absolute Gasteiger partial charge is 0.433 e. The molecule has 4 nitrogen and oxygen atoms in total. The van der Waals surface area contributed by atoms with Gasteiger partial charge in [0, 0.05) is 0 Å². The highest BCUT2D eigenvalue weighted by atomic mass is 32.2. The number of rotatable bonds is 6. The topological polar surface area (TPSA) is 55.4 Å². The Hall–Kier alpha value is -2.41. The molecule has 2 aromatic carbocycles. The van der Waals surface area contributed by atoms with E-state index in [0.717, 1.165) is 11.0 Å². The lowest BCUT2D eigenvalue weighted by molar-refractivity contribution is -0.0493. The Morgan fingerprint density at radius 2 is 1.74 bits per heavy atom. The number of nitrogens with one attached hydrogen (secondary N) is 1. The van der Waals surface area contributed by atoms with Crippen molar-refractivity contribution in [1.29, 1.82) is 0 Å². The molecule has 0 unspecified atom stereocenters. The molecular formula is C16H15F2NO3S. The van der Waals surface area contributed by atoms with E-state index in [9.17, 15) is 17.2 Å². The van der Waals surface area contributed by atoms with Crippen LogP contribution in [-0.2, 0) is 10.0 Å². The third-order valence-corrected chi connectivity index (χ3v) is 3.87. The average molecular weight is 339 g/mol. The minimum Gasteiger partial charge on any atom is -0.433 e. The van der Waals surface area contributed by atoms with Crippen LogP contribution in [0, 0.1) is 6.92 Å². The first-order valence-electron chi connectivity index (χ1n) is 6.67. The van der Waals surface area contributed by atoms with Gasteiger partial charge in [-0.2, -0.15) is 8.78 Å². The molecule has 0 saturated heterocycles. The summed E-state index contributed by atoms with van der Waals surface area (Å²) in [6.07, 6.45) is 1.42. The van der Waals surface area contributed by atoms with E-state index in [1.165, 1.54) is 30.3 Å². The van der Waals surface area contributed by atoms with Gasteiger partial charge in [-0.3, -0.25) is 4.72 Å². The molecule has 23 heavy (non-hydrogen) atoms. The van der Waals surface area contributed by atoms with Gasteiger partial charge in [-0.1, -0.05) is 42.0 Å². The number of para-hydroxylation sites is 2. The highest BCUT2D eigenvalue weighted by molar-refractivity contribution is 7.95. The van der Waals surface area contributed by atoms with Gasteiger partial charge in [0.1, 0.15) is 5.75 Å². The Morgan fingerprint density at radius 1 is 1.09 bits per heavy atom. The number of sulfonamides is 1. The summed E-state index contributed by atoms with van der Waals surface area (Å²) in [7, 11) is -3.86. The Bertz CT molecular complexity index is 787. The van der Waals surface area contributed by atoms with Crippen molar-refractivity contribution in [3.8, 4) is 5.75 Å². The molecule has 0 heterocycles. The lowest BCUT2D eigenvalue weighted by Gasteiger charge is -2.11. The van der Waals surface area contributed by atoms with Crippen molar-refractivity contribution >= 4 is 21.8 Å². The van der Waals surface area contributed by atoms with Crippen molar-refractivity contribution in [2.45, 2.75) is 13.5 Å². The fourth-order valence-electron chi connectivity index (χ4n) is 1.78. The zero-order valence-electron chi connectivity index (χ0n) is 12.2. The van der Waals surface area contributed by atoms with E-state index in [2.05, 4.69) is 9.46 Å². The molecule has 2 aromatic rings. The van der Waals surface area contributed by atoms with E-state index >= 15 is 0 Å². The molecule has 0 aliphatic rings. The predicted octanol–water partition coefficient (Wildman–Crippen LogP) is 4.01. The SMILES string of the molecule is Cc1ccc(/C=C/S(=O)(=O)Nc2ccccc2OC(F)F)cc1. The molecule has 0 aliphatic carbocycles. The van der Waals surface area contributed by atoms with Gasteiger partial charge < -0.3 is 4.74 Å². The van der Waals surface area contributed by atoms with E-state index in [0.29, 0.717) is 5.56 Å². The maximum atomic E-state index is 12.3. The first-order chi connectivity index (χ1) is 10.9. The first-order valence-corrected chi connectivity index (χ1v) is 8.22.